The van der Waals surface area contributed by atoms with Crippen LogP contribution in [0, 0.1) is 0 Å². The smallest absolute Gasteiger partial charge is 0.333 e. The molecule has 1 aromatic carbocycles. The number of carbonyl (C=O) groups is 3. The van der Waals surface area contributed by atoms with Gasteiger partial charge in [-0.1, -0.05) is 23.4 Å². The van der Waals surface area contributed by atoms with Gasteiger partial charge in [-0.05, 0) is 30.7 Å². The maximum absolute atomic E-state index is 11.9. The number of hydrogen-bond acceptors (Lipinski definition) is 7. The number of thioether (sulfide) groups is 2. The summed E-state index contributed by atoms with van der Waals surface area (Å²) in [7, 11) is 1.28. The highest BCUT2D eigenvalue weighted by Gasteiger charge is 2.26. The molecule has 0 atom stereocenters. The molecule has 1 aliphatic rings. The second-order valence-corrected chi connectivity index (χ2v) is 7.64. The van der Waals surface area contributed by atoms with E-state index in [1.165, 1.54) is 41.6 Å². The van der Waals surface area contributed by atoms with Gasteiger partial charge in [-0.25, -0.2) is 4.79 Å². The minimum absolute atomic E-state index is 0.0743. The lowest BCUT2D eigenvalue weighted by Gasteiger charge is -2.16. The number of carbonyl (C=O) groups excluding carboxylic acids is 3. The fourth-order valence-corrected chi connectivity index (χ4v) is 3.83. The Labute approximate surface area is 165 Å². The SMILES string of the molecule is COC(=O)/C=C1/SCC(=O)N1CCCOC(=O)CSc1ccc(Cl)cc1. The van der Waals surface area contributed by atoms with Crippen LogP contribution in [0.25, 0.3) is 0 Å². The first-order valence-corrected chi connectivity index (χ1v) is 10.1. The molecule has 6 nitrogen and oxygen atoms in total. The number of esters is 2. The van der Waals surface area contributed by atoms with Crippen LogP contribution < -0.4 is 0 Å². The molecule has 9 heteroatoms. The van der Waals surface area contributed by atoms with Crippen LogP contribution in [0.2, 0.25) is 5.02 Å². The quantitative estimate of drug-likeness (QED) is 0.279. The van der Waals surface area contributed by atoms with Gasteiger partial charge in [0.1, 0.15) is 0 Å². The Bertz CT molecular complexity index is 693. The van der Waals surface area contributed by atoms with E-state index in [4.69, 9.17) is 16.3 Å². The van der Waals surface area contributed by atoms with Crippen LogP contribution >= 0.6 is 35.1 Å². The van der Waals surface area contributed by atoms with Crippen molar-refractivity contribution < 1.29 is 23.9 Å². The molecule has 2 rings (SSSR count). The monoisotopic (exact) mass is 415 g/mol. The Balaban J connectivity index is 1.69. The van der Waals surface area contributed by atoms with Gasteiger partial charge in [0.25, 0.3) is 0 Å². The van der Waals surface area contributed by atoms with Crippen molar-refractivity contribution >= 4 is 53.0 Å². The summed E-state index contributed by atoms with van der Waals surface area (Å²) in [5, 5.41) is 1.21. The van der Waals surface area contributed by atoms with Crippen molar-refractivity contribution in [1.29, 1.82) is 0 Å². The summed E-state index contributed by atoms with van der Waals surface area (Å²) in [6.45, 7) is 0.590. The topological polar surface area (TPSA) is 72.9 Å². The van der Waals surface area contributed by atoms with Gasteiger partial charge in [-0.3, -0.25) is 9.59 Å². The number of amides is 1. The van der Waals surface area contributed by atoms with E-state index < -0.39 is 5.97 Å². The van der Waals surface area contributed by atoms with Gasteiger partial charge in [0, 0.05) is 16.5 Å². The van der Waals surface area contributed by atoms with E-state index in [0.717, 1.165) is 4.90 Å². The fourth-order valence-electron chi connectivity index (χ4n) is 2.05. The van der Waals surface area contributed by atoms with Gasteiger partial charge < -0.3 is 14.4 Å². The van der Waals surface area contributed by atoms with E-state index in [0.29, 0.717) is 28.8 Å². The Hall–Kier alpha value is -1.64. The summed E-state index contributed by atoms with van der Waals surface area (Å²) in [6, 6.07) is 7.21. The second kappa shape index (κ2) is 10.5. The van der Waals surface area contributed by atoms with Crippen LogP contribution in [-0.4, -0.2) is 54.5 Å². The molecule has 0 bridgehead atoms. The maximum atomic E-state index is 11.9. The van der Waals surface area contributed by atoms with Crippen LogP contribution in [-0.2, 0) is 23.9 Å². The number of rotatable bonds is 8. The fraction of sp³-hybridized carbons (Fsp3) is 0.353. The standard InChI is InChI=1S/C17H18ClNO5S2/c1-23-16(21)9-15-19(14(20)10-26-15)7-2-8-24-17(22)11-25-13-5-3-12(18)4-6-13/h3-6,9H,2,7-8,10-11H2,1H3/b15-9+. The van der Waals surface area contributed by atoms with Crippen molar-refractivity contribution in [3.63, 3.8) is 0 Å². The average molecular weight is 416 g/mol. The number of hydrogen-bond donors (Lipinski definition) is 0. The summed E-state index contributed by atoms with van der Waals surface area (Å²) in [5.41, 5.74) is 0. The number of nitrogens with zero attached hydrogens (tertiary/aromatic N) is 1. The van der Waals surface area contributed by atoms with Crippen molar-refractivity contribution in [3.05, 3.63) is 40.4 Å². The van der Waals surface area contributed by atoms with Crippen molar-refractivity contribution in [1.82, 2.24) is 4.90 Å². The summed E-state index contributed by atoms with van der Waals surface area (Å²) >= 11 is 8.47. The largest absolute Gasteiger partial charge is 0.466 e. The summed E-state index contributed by atoms with van der Waals surface area (Å²) < 4.78 is 9.76. The van der Waals surface area contributed by atoms with Crippen LogP contribution in [0.15, 0.2) is 40.3 Å². The van der Waals surface area contributed by atoms with Gasteiger partial charge in [-0.15, -0.1) is 11.8 Å². The predicted octanol–water partition coefficient (Wildman–Crippen LogP) is 2.96. The van der Waals surface area contributed by atoms with E-state index in [1.54, 1.807) is 12.1 Å². The molecule has 26 heavy (non-hydrogen) atoms. The molecule has 140 valence electrons. The normalized spacial score (nSPS) is 15.4. The second-order valence-electron chi connectivity index (χ2n) is 5.16. The Kier molecular flexibility index (Phi) is 8.34. The van der Waals surface area contributed by atoms with Crippen LogP contribution in [0.4, 0.5) is 0 Å². The zero-order chi connectivity index (χ0) is 18.9. The Morgan fingerprint density at radius 3 is 2.77 bits per heavy atom. The molecule has 1 amide bonds. The zero-order valence-corrected chi connectivity index (χ0v) is 16.5. The Morgan fingerprint density at radius 1 is 1.35 bits per heavy atom. The van der Waals surface area contributed by atoms with E-state index >= 15 is 0 Å². The number of ether oxygens (including phenoxy) is 2. The maximum Gasteiger partial charge on any atom is 0.333 e. The van der Waals surface area contributed by atoms with Crippen molar-refractivity contribution in [2.24, 2.45) is 0 Å². The van der Waals surface area contributed by atoms with E-state index in [-0.39, 0.29) is 24.2 Å². The minimum atomic E-state index is -0.502. The molecule has 0 unspecified atom stereocenters. The first-order valence-electron chi connectivity index (χ1n) is 7.76. The van der Waals surface area contributed by atoms with E-state index in [2.05, 4.69) is 4.74 Å². The molecule has 0 N–H and O–H groups in total. The third-order valence-corrected chi connectivity index (χ3v) is 5.58. The molecule has 1 saturated heterocycles. The molecule has 0 aliphatic carbocycles. The highest BCUT2D eigenvalue weighted by Crippen LogP contribution is 2.28. The minimum Gasteiger partial charge on any atom is -0.466 e. The first kappa shape index (κ1) is 20.7. The van der Waals surface area contributed by atoms with Crippen molar-refractivity contribution in [3.8, 4) is 0 Å². The van der Waals surface area contributed by atoms with Crippen LogP contribution in [0.3, 0.4) is 0 Å². The number of methoxy groups -OCH3 is 1. The lowest BCUT2D eigenvalue weighted by Crippen LogP contribution is -2.27. The van der Waals surface area contributed by atoms with Crippen molar-refractivity contribution in [2.45, 2.75) is 11.3 Å². The molecule has 0 radical (unpaired) electrons. The van der Waals surface area contributed by atoms with E-state index in [1.807, 2.05) is 12.1 Å². The molecule has 1 aromatic rings. The highest BCUT2D eigenvalue weighted by atomic mass is 35.5. The third-order valence-electron chi connectivity index (χ3n) is 3.31. The zero-order valence-electron chi connectivity index (χ0n) is 14.1. The van der Waals surface area contributed by atoms with Gasteiger partial charge >= 0.3 is 11.9 Å². The molecule has 1 heterocycles. The first-order chi connectivity index (χ1) is 12.5. The molecule has 0 aromatic heterocycles. The summed E-state index contributed by atoms with van der Waals surface area (Å²) in [5.74, 6) is -0.404. The van der Waals surface area contributed by atoms with Gasteiger partial charge in [0.2, 0.25) is 5.91 Å². The van der Waals surface area contributed by atoms with Gasteiger partial charge in [0.15, 0.2) is 0 Å². The Morgan fingerprint density at radius 2 is 2.08 bits per heavy atom. The molecule has 0 spiro atoms. The van der Waals surface area contributed by atoms with E-state index in [9.17, 15) is 14.4 Å². The molecule has 0 saturated carbocycles. The molecule has 1 aliphatic heterocycles. The number of benzene rings is 1. The highest BCUT2D eigenvalue weighted by molar-refractivity contribution is 8.04. The average Bonchev–Trinajstić information content (AvgIpc) is 2.97. The molecular formula is C17H18ClNO5S2. The van der Waals surface area contributed by atoms with Crippen LogP contribution in [0.5, 0.6) is 0 Å². The summed E-state index contributed by atoms with van der Waals surface area (Å²) in [6.07, 6.45) is 1.78. The third kappa shape index (κ3) is 6.59. The number of halogens is 1. The van der Waals surface area contributed by atoms with Crippen LogP contribution in [0.1, 0.15) is 6.42 Å². The lowest BCUT2D eigenvalue weighted by molar-refractivity contribution is -0.140. The molecular weight excluding hydrogens is 398 g/mol. The lowest BCUT2D eigenvalue weighted by atomic mass is 10.4. The predicted molar refractivity (Wildman–Crippen MR) is 102 cm³/mol. The molecule has 1 fully saturated rings. The van der Waals surface area contributed by atoms with Gasteiger partial charge in [-0.2, -0.15) is 0 Å². The van der Waals surface area contributed by atoms with Gasteiger partial charge in [0.05, 0.1) is 36.3 Å². The summed E-state index contributed by atoms with van der Waals surface area (Å²) in [4.78, 5) is 37.4. The van der Waals surface area contributed by atoms with Crippen molar-refractivity contribution in [2.75, 3.05) is 31.8 Å².